The third-order valence-electron chi connectivity index (χ3n) is 5.85. The minimum absolute atomic E-state index is 0.346. The van der Waals surface area contributed by atoms with E-state index in [4.69, 9.17) is 19.4 Å². The molecular formula is C28H29Cl2PRu. The summed E-state index contributed by atoms with van der Waals surface area (Å²) >= 11 is -0.346. The van der Waals surface area contributed by atoms with Crippen molar-refractivity contribution < 1.29 is 15.1 Å². The summed E-state index contributed by atoms with van der Waals surface area (Å²) in [5.74, 6) is 0.466. The molecule has 0 aliphatic heterocycles. The first kappa shape index (κ1) is 25.1. The maximum absolute atomic E-state index is 4.85. The second-order valence-electron chi connectivity index (χ2n) is 8.14. The molecule has 32 heavy (non-hydrogen) atoms. The van der Waals surface area contributed by atoms with Crippen LogP contribution >= 0.6 is 26.6 Å². The molecule has 0 spiro atoms. The zero-order chi connectivity index (χ0) is 23.0. The zero-order valence-electron chi connectivity index (χ0n) is 18.6. The molecule has 0 fully saturated rings. The third kappa shape index (κ3) is 5.35. The summed E-state index contributed by atoms with van der Waals surface area (Å²) in [4.78, 5) is 0. The quantitative estimate of drug-likeness (QED) is 0.183. The van der Waals surface area contributed by atoms with E-state index in [2.05, 4.69) is 130 Å². The molecule has 4 aromatic rings. The van der Waals surface area contributed by atoms with Gasteiger partial charge in [-0.25, -0.2) is 0 Å². The number of aryl methyl sites for hydroxylation is 1. The molecule has 0 saturated carbocycles. The Kier molecular flexibility index (Phi) is 9.51. The average Bonchev–Trinajstić information content (AvgIpc) is 2.83. The van der Waals surface area contributed by atoms with Crippen molar-refractivity contribution in [1.29, 1.82) is 0 Å². The average molecular weight is 568 g/mol. The van der Waals surface area contributed by atoms with Gasteiger partial charge in [0.2, 0.25) is 0 Å². The predicted molar refractivity (Wildman–Crippen MR) is 143 cm³/mol. The van der Waals surface area contributed by atoms with Gasteiger partial charge in [-0.1, -0.05) is 0 Å². The molecule has 0 atom stereocenters. The number of benzene rings is 4. The van der Waals surface area contributed by atoms with E-state index in [0.717, 1.165) is 0 Å². The van der Waals surface area contributed by atoms with Crippen LogP contribution in [0.5, 0.6) is 0 Å². The van der Waals surface area contributed by atoms with Gasteiger partial charge in [0.25, 0.3) is 0 Å². The van der Waals surface area contributed by atoms with Crippen molar-refractivity contribution in [3.05, 3.63) is 120 Å². The van der Waals surface area contributed by atoms with Gasteiger partial charge in [-0.2, -0.15) is 0 Å². The monoisotopic (exact) mass is 568 g/mol. The van der Waals surface area contributed by atoms with E-state index in [1.54, 1.807) is 0 Å². The predicted octanol–water partition coefficient (Wildman–Crippen LogP) is 6.85. The van der Waals surface area contributed by atoms with Crippen molar-refractivity contribution in [2.75, 3.05) is 0 Å². The molecule has 0 amide bonds. The SMILES string of the molecule is Cc1ccc([PH](c2ccccc2)(c2ccccc2)c2ccccc2)c(C(C)C)c1.[Cl][Ru][Cl]. The summed E-state index contributed by atoms with van der Waals surface area (Å²) in [5, 5.41) is 5.80. The standard InChI is InChI=1S/C28H29P.2ClH.Ru/c1-22(2)27-21-23(3)19-20-28(27)29(24-13-7-4-8-14-24,25-15-9-5-10-16-25)26-17-11-6-12-18-26;;;/h4-22,29H,1-3H3;2*1H;/q;;;+2/p-2. The van der Waals surface area contributed by atoms with Crippen LogP contribution in [0.4, 0.5) is 0 Å². The van der Waals surface area contributed by atoms with Gasteiger partial charge in [0.15, 0.2) is 0 Å². The molecule has 0 saturated heterocycles. The van der Waals surface area contributed by atoms with Crippen LogP contribution in [0.2, 0.25) is 0 Å². The summed E-state index contributed by atoms with van der Waals surface area (Å²) in [5.41, 5.74) is 2.79. The normalized spacial score (nSPS) is 11.7. The Morgan fingerprint density at radius 2 is 1.00 bits per heavy atom. The van der Waals surface area contributed by atoms with Gasteiger partial charge in [-0.15, -0.1) is 0 Å². The van der Waals surface area contributed by atoms with E-state index in [1.165, 1.54) is 32.3 Å². The Morgan fingerprint density at radius 3 is 1.34 bits per heavy atom. The van der Waals surface area contributed by atoms with E-state index < -0.39 is 7.26 Å². The second kappa shape index (κ2) is 12.1. The van der Waals surface area contributed by atoms with Crippen molar-refractivity contribution in [1.82, 2.24) is 0 Å². The maximum atomic E-state index is 4.85. The van der Waals surface area contributed by atoms with E-state index >= 15 is 0 Å². The van der Waals surface area contributed by atoms with Crippen LogP contribution in [0.15, 0.2) is 109 Å². The Bertz CT molecular complexity index is 1000. The number of rotatable bonds is 5. The van der Waals surface area contributed by atoms with Gasteiger partial charge in [0, 0.05) is 0 Å². The first-order valence-electron chi connectivity index (χ1n) is 10.7. The molecule has 0 radical (unpaired) electrons. The summed E-state index contributed by atoms with van der Waals surface area (Å²) in [6.45, 7) is 6.84. The zero-order valence-corrected chi connectivity index (χ0v) is 22.8. The number of hydrogen-bond donors (Lipinski definition) is 0. The molecule has 0 unspecified atom stereocenters. The van der Waals surface area contributed by atoms with Crippen LogP contribution in [0.25, 0.3) is 0 Å². The van der Waals surface area contributed by atoms with E-state index in [9.17, 15) is 0 Å². The molecule has 0 bridgehead atoms. The van der Waals surface area contributed by atoms with Gasteiger partial charge in [-0.3, -0.25) is 0 Å². The molecule has 0 nitrogen and oxygen atoms in total. The van der Waals surface area contributed by atoms with Crippen LogP contribution in [-0.2, 0) is 15.1 Å². The fraction of sp³-hybridized carbons (Fsp3) is 0.143. The molecule has 4 heteroatoms. The van der Waals surface area contributed by atoms with Gasteiger partial charge in [0.05, 0.1) is 0 Å². The van der Waals surface area contributed by atoms with Gasteiger partial charge in [-0.05, 0) is 0 Å². The number of hydrogen-bond acceptors (Lipinski definition) is 0. The molecule has 0 aliphatic rings. The topological polar surface area (TPSA) is 0 Å². The summed E-state index contributed by atoms with van der Waals surface area (Å²) in [7, 11) is 7.28. The third-order valence-corrected chi connectivity index (χ3v) is 10.7. The molecular weight excluding hydrogens is 539 g/mol. The van der Waals surface area contributed by atoms with Crippen LogP contribution < -0.4 is 21.2 Å². The van der Waals surface area contributed by atoms with Crippen molar-refractivity contribution >= 4 is 47.9 Å². The molecule has 168 valence electrons. The first-order valence-corrected chi connectivity index (χ1v) is 17.2. The first-order chi connectivity index (χ1) is 15.6. The van der Waals surface area contributed by atoms with Gasteiger partial charge in [0.1, 0.15) is 0 Å². The minimum atomic E-state index is -2.43. The number of halogens is 2. The fourth-order valence-corrected chi connectivity index (χ4v) is 9.67. The summed E-state index contributed by atoms with van der Waals surface area (Å²) < 4.78 is 0. The molecule has 4 aromatic carbocycles. The van der Waals surface area contributed by atoms with Gasteiger partial charge < -0.3 is 0 Å². The molecule has 0 aromatic heterocycles. The molecule has 0 aliphatic carbocycles. The van der Waals surface area contributed by atoms with Crippen molar-refractivity contribution in [2.45, 2.75) is 26.7 Å². The van der Waals surface area contributed by atoms with Crippen molar-refractivity contribution in [2.24, 2.45) is 0 Å². The molecule has 0 heterocycles. The summed E-state index contributed by atoms with van der Waals surface area (Å²) in [6, 6.07) is 40.6. The van der Waals surface area contributed by atoms with Crippen LogP contribution in [0.1, 0.15) is 30.9 Å². The second-order valence-corrected chi connectivity index (χ2v) is 14.6. The Balaban J connectivity index is 0.000000913. The Labute approximate surface area is 209 Å². The van der Waals surface area contributed by atoms with Crippen molar-refractivity contribution in [3.63, 3.8) is 0 Å². The Hall–Kier alpha value is -1.49. The van der Waals surface area contributed by atoms with Gasteiger partial charge >= 0.3 is 210 Å². The van der Waals surface area contributed by atoms with Crippen LogP contribution in [0.3, 0.4) is 0 Å². The molecule has 4 rings (SSSR count). The Morgan fingerprint density at radius 1 is 0.625 bits per heavy atom. The molecule has 0 N–H and O–H groups in total. The van der Waals surface area contributed by atoms with E-state index in [0.29, 0.717) is 5.92 Å². The summed E-state index contributed by atoms with van der Waals surface area (Å²) in [6.07, 6.45) is 0. The van der Waals surface area contributed by atoms with Crippen LogP contribution in [-0.4, -0.2) is 0 Å². The van der Waals surface area contributed by atoms with E-state index in [-0.39, 0.29) is 15.1 Å². The van der Waals surface area contributed by atoms with Crippen LogP contribution in [0, 0.1) is 6.92 Å². The fourth-order valence-electron chi connectivity index (χ4n) is 4.53. The van der Waals surface area contributed by atoms with E-state index in [1.807, 2.05) is 0 Å². The van der Waals surface area contributed by atoms with Crippen molar-refractivity contribution in [3.8, 4) is 0 Å².